The number of anilines is 1. The van der Waals surface area contributed by atoms with Gasteiger partial charge in [0, 0.05) is 18.0 Å². The number of hydrogen-bond donors (Lipinski definition) is 1. The molecule has 2 heterocycles. The van der Waals surface area contributed by atoms with Crippen molar-refractivity contribution < 1.29 is 4.79 Å². The van der Waals surface area contributed by atoms with Crippen LogP contribution in [-0.2, 0) is 4.79 Å². The molecular formula is C12H13N3OS2. The Morgan fingerprint density at radius 3 is 3.17 bits per heavy atom. The summed E-state index contributed by atoms with van der Waals surface area (Å²) in [5.74, 6) is 0.0744. The van der Waals surface area contributed by atoms with Crippen molar-refractivity contribution in [2.45, 2.75) is 4.90 Å². The fraction of sp³-hybridized carbons (Fsp3) is 0.333. The summed E-state index contributed by atoms with van der Waals surface area (Å²) in [7, 11) is 0. The molecule has 2 aromatic rings. The number of amides is 1. The molecule has 1 N–H and O–H groups in total. The molecule has 0 unspecified atom stereocenters. The van der Waals surface area contributed by atoms with Gasteiger partial charge in [0.05, 0.1) is 16.8 Å². The molecule has 4 nitrogen and oxygen atoms in total. The van der Waals surface area contributed by atoms with Crippen molar-refractivity contribution in [3.05, 3.63) is 18.2 Å². The molecule has 1 aliphatic heterocycles. The van der Waals surface area contributed by atoms with Crippen LogP contribution in [-0.4, -0.2) is 36.8 Å². The number of rotatable bonds is 2. The maximum atomic E-state index is 11.4. The lowest BCUT2D eigenvalue weighted by Crippen LogP contribution is -2.47. The molecule has 0 spiro atoms. The smallest absolute Gasteiger partial charge is 0.239 e. The second kappa shape index (κ2) is 4.78. The molecule has 1 amide bonds. The first-order valence-corrected chi connectivity index (χ1v) is 7.76. The highest BCUT2D eigenvalue weighted by atomic mass is 32.2. The number of thiazole rings is 1. The predicted octanol–water partition coefficient (Wildman–Crippen LogP) is 1.95. The van der Waals surface area contributed by atoms with E-state index in [1.54, 1.807) is 23.1 Å². The molecule has 1 aromatic carbocycles. The molecule has 94 valence electrons. The summed E-state index contributed by atoms with van der Waals surface area (Å²) in [5.41, 5.74) is 1.01. The van der Waals surface area contributed by atoms with E-state index in [0.29, 0.717) is 13.1 Å². The number of nitrogens with zero attached hydrogens (tertiary/aromatic N) is 2. The zero-order chi connectivity index (χ0) is 12.5. The lowest BCUT2D eigenvalue weighted by molar-refractivity contribution is -0.120. The van der Waals surface area contributed by atoms with Crippen LogP contribution in [0.5, 0.6) is 0 Å². The summed E-state index contributed by atoms with van der Waals surface area (Å²) in [4.78, 5) is 19.3. The van der Waals surface area contributed by atoms with Gasteiger partial charge in [0.25, 0.3) is 0 Å². The Kier molecular flexibility index (Phi) is 3.13. The summed E-state index contributed by atoms with van der Waals surface area (Å²) in [5, 5.41) is 3.77. The molecule has 1 fully saturated rings. The minimum atomic E-state index is 0.0744. The Morgan fingerprint density at radius 2 is 2.39 bits per heavy atom. The molecule has 0 bridgehead atoms. The van der Waals surface area contributed by atoms with Crippen LogP contribution >= 0.6 is 23.1 Å². The maximum absolute atomic E-state index is 11.4. The molecule has 3 rings (SSSR count). The van der Waals surface area contributed by atoms with E-state index in [-0.39, 0.29) is 5.91 Å². The van der Waals surface area contributed by atoms with E-state index in [0.717, 1.165) is 17.2 Å². The standard InChI is InChI=1S/C12H13N3OS2/c1-17-8-2-3-9-10(6-8)18-12(14-9)15-5-4-13-11(16)7-15/h2-3,6H,4-5,7H2,1H3,(H,13,16). The SMILES string of the molecule is CSc1ccc2nc(N3CCNC(=O)C3)sc2c1. The third-order valence-electron chi connectivity index (χ3n) is 2.89. The number of carbonyl (C=O) groups is 1. The van der Waals surface area contributed by atoms with Crippen molar-refractivity contribution in [3.8, 4) is 0 Å². The van der Waals surface area contributed by atoms with Crippen LogP contribution in [0.1, 0.15) is 0 Å². The highest BCUT2D eigenvalue weighted by Gasteiger charge is 2.19. The quantitative estimate of drug-likeness (QED) is 0.854. The Hall–Kier alpha value is -1.27. The van der Waals surface area contributed by atoms with Crippen LogP contribution in [0.15, 0.2) is 23.1 Å². The van der Waals surface area contributed by atoms with Crippen LogP contribution in [0.3, 0.4) is 0 Å². The van der Waals surface area contributed by atoms with Gasteiger partial charge >= 0.3 is 0 Å². The number of nitrogens with one attached hydrogen (secondary N) is 1. The average molecular weight is 279 g/mol. The Bertz CT molecular complexity index is 596. The minimum absolute atomic E-state index is 0.0744. The van der Waals surface area contributed by atoms with Crippen LogP contribution < -0.4 is 10.2 Å². The number of benzene rings is 1. The lowest BCUT2D eigenvalue weighted by Gasteiger charge is -2.25. The Morgan fingerprint density at radius 1 is 1.50 bits per heavy atom. The van der Waals surface area contributed by atoms with Gasteiger partial charge in [-0.25, -0.2) is 4.98 Å². The van der Waals surface area contributed by atoms with E-state index in [2.05, 4.69) is 28.7 Å². The number of hydrogen-bond acceptors (Lipinski definition) is 5. The molecule has 6 heteroatoms. The minimum Gasteiger partial charge on any atom is -0.353 e. The fourth-order valence-electron chi connectivity index (χ4n) is 1.96. The molecule has 1 aliphatic rings. The van der Waals surface area contributed by atoms with Gasteiger partial charge in [0.1, 0.15) is 0 Å². The van der Waals surface area contributed by atoms with Crippen LogP contribution in [0.4, 0.5) is 5.13 Å². The normalized spacial score (nSPS) is 16.1. The van der Waals surface area contributed by atoms with Crippen molar-refractivity contribution in [3.63, 3.8) is 0 Å². The van der Waals surface area contributed by atoms with Gasteiger partial charge < -0.3 is 10.2 Å². The summed E-state index contributed by atoms with van der Waals surface area (Å²) >= 11 is 3.39. The van der Waals surface area contributed by atoms with Crippen molar-refractivity contribution in [2.24, 2.45) is 0 Å². The molecule has 1 aromatic heterocycles. The highest BCUT2D eigenvalue weighted by molar-refractivity contribution is 7.98. The number of thioether (sulfide) groups is 1. The topological polar surface area (TPSA) is 45.2 Å². The first-order valence-electron chi connectivity index (χ1n) is 5.72. The van der Waals surface area contributed by atoms with Gasteiger partial charge in [-0.3, -0.25) is 4.79 Å². The number of piperazine rings is 1. The van der Waals surface area contributed by atoms with E-state index in [9.17, 15) is 4.79 Å². The summed E-state index contributed by atoms with van der Waals surface area (Å²) in [6.45, 7) is 1.95. The first kappa shape index (κ1) is 11.8. The molecule has 18 heavy (non-hydrogen) atoms. The summed E-state index contributed by atoms with van der Waals surface area (Å²) in [6.07, 6.45) is 2.07. The molecular weight excluding hydrogens is 266 g/mol. The van der Waals surface area contributed by atoms with E-state index in [1.165, 1.54) is 9.60 Å². The van der Waals surface area contributed by atoms with Gasteiger partial charge in [0.15, 0.2) is 5.13 Å². The van der Waals surface area contributed by atoms with Crippen LogP contribution in [0.2, 0.25) is 0 Å². The van der Waals surface area contributed by atoms with Gasteiger partial charge in [-0.2, -0.15) is 0 Å². The maximum Gasteiger partial charge on any atom is 0.239 e. The van der Waals surface area contributed by atoms with Gasteiger partial charge in [-0.15, -0.1) is 11.8 Å². The Balaban J connectivity index is 1.94. The van der Waals surface area contributed by atoms with Gasteiger partial charge in [-0.05, 0) is 24.5 Å². The summed E-state index contributed by atoms with van der Waals surface area (Å²) < 4.78 is 1.18. The third-order valence-corrected chi connectivity index (χ3v) is 4.70. The molecule has 0 aliphatic carbocycles. The van der Waals surface area contributed by atoms with Crippen molar-refractivity contribution in [2.75, 3.05) is 30.8 Å². The van der Waals surface area contributed by atoms with E-state index >= 15 is 0 Å². The summed E-state index contributed by atoms with van der Waals surface area (Å²) in [6, 6.07) is 6.29. The molecule has 0 radical (unpaired) electrons. The van der Waals surface area contributed by atoms with Gasteiger partial charge in [0.2, 0.25) is 5.91 Å². The van der Waals surface area contributed by atoms with Crippen molar-refractivity contribution in [1.82, 2.24) is 10.3 Å². The second-order valence-corrected chi connectivity index (χ2v) is 5.99. The van der Waals surface area contributed by atoms with E-state index in [4.69, 9.17) is 0 Å². The zero-order valence-corrected chi connectivity index (χ0v) is 11.6. The third kappa shape index (κ3) is 2.18. The van der Waals surface area contributed by atoms with Crippen molar-refractivity contribution >= 4 is 44.4 Å². The molecule has 1 saturated heterocycles. The monoisotopic (exact) mass is 279 g/mol. The Labute approximate surface area is 113 Å². The molecule has 0 saturated carbocycles. The van der Waals surface area contributed by atoms with E-state index < -0.39 is 0 Å². The largest absolute Gasteiger partial charge is 0.353 e. The van der Waals surface area contributed by atoms with Crippen molar-refractivity contribution in [1.29, 1.82) is 0 Å². The predicted molar refractivity (Wildman–Crippen MR) is 76.6 cm³/mol. The molecule has 0 atom stereocenters. The zero-order valence-electron chi connectivity index (χ0n) is 9.97. The van der Waals surface area contributed by atoms with Crippen LogP contribution in [0.25, 0.3) is 10.2 Å². The number of aromatic nitrogens is 1. The lowest BCUT2D eigenvalue weighted by atomic mass is 10.3. The second-order valence-electron chi connectivity index (χ2n) is 4.10. The first-order chi connectivity index (χ1) is 8.76. The van der Waals surface area contributed by atoms with Crippen LogP contribution in [0, 0.1) is 0 Å². The number of fused-ring (bicyclic) bond motifs is 1. The van der Waals surface area contributed by atoms with Gasteiger partial charge in [-0.1, -0.05) is 11.3 Å². The van der Waals surface area contributed by atoms with E-state index in [1.807, 2.05) is 11.0 Å². The number of carbonyl (C=O) groups excluding carboxylic acids is 1. The average Bonchev–Trinajstić information content (AvgIpc) is 2.81. The highest BCUT2D eigenvalue weighted by Crippen LogP contribution is 2.31. The fourth-order valence-corrected chi connectivity index (χ4v) is 3.50.